The van der Waals surface area contributed by atoms with Crippen molar-refractivity contribution in [2.24, 2.45) is 44.3 Å². The van der Waals surface area contributed by atoms with Crippen LogP contribution in [-0.2, 0) is 9.59 Å². The predicted octanol–water partition coefficient (Wildman–Crippen LogP) is 7.14. The summed E-state index contributed by atoms with van der Waals surface area (Å²) >= 11 is 0. The molecule has 1 N–H and O–H groups in total. The van der Waals surface area contributed by atoms with Gasteiger partial charge in [-0.25, -0.2) is 0 Å². The molecule has 0 aromatic rings. The third kappa shape index (κ3) is 2.69. The first kappa shape index (κ1) is 23.1. The molecule has 0 bridgehead atoms. The highest BCUT2D eigenvalue weighted by molar-refractivity contribution is 5.95. The molecule has 5 aliphatic rings. The summed E-state index contributed by atoms with van der Waals surface area (Å²) in [5.41, 5.74) is 2.09. The molecule has 2 saturated carbocycles. The number of carboxylic acid groups (broad SMARTS) is 1. The van der Waals surface area contributed by atoms with Gasteiger partial charge in [0, 0.05) is 5.41 Å². The molecule has 0 radical (unpaired) electrons. The van der Waals surface area contributed by atoms with Crippen molar-refractivity contribution < 1.29 is 14.7 Å². The van der Waals surface area contributed by atoms with Crippen LogP contribution in [0.1, 0.15) is 93.4 Å². The maximum Gasteiger partial charge on any atom is 0.309 e. The minimum atomic E-state index is -0.661. The quantitative estimate of drug-likeness (QED) is 0.462. The van der Waals surface area contributed by atoms with Crippen molar-refractivity contribution in [1.82, 2.24) is 0 Å². The first-order valence-electron chi connectivity index (χ1n) is 13.0. The van der Waals surface area contributed by atoms with E-state index in [1.165, 1.54) is 11.1 Å². The summed E-state index contributed by atoms with van der Waals surface area (Å²) in [6.07, 6.45) is 15.9. The van der Waals surface area contributed by atoms with Crippen LogP contribution in [0.5, 0.6) is 0 Å². The number of fused-ring (bicyclic) bond motifs is 6. The predicted molar refractivity (Wildman–Crippen MR) is 132 cm³/mol. The highest BCUT2D eigenvalue weighted by Crippen LogP contribution is 2.73. The van der Waals surface area contributed by atoms with E-state index in [1.807, 2.05) is 13.0 Å². The van der Waals surface area contributed by atoms with Crippen LogP contribution in [0.25, 0.3) is 0 Å². The van der Waals surface area contributed by atoms with Crippen molar-refractivity contribution in [3.05, 3.63) is 35.5 Å². The van der Waals surface area contributed by atoms with Crippen LogP contribution in [0.15, 0.2) is 35.5 Å². The zero-order valence-electron chi connectivity index (χ0n) is 21.7. The second-order valence-electron chi connectivity index (χ2n) is 14.0. The van der Waals surface area contributed by atoms with Gasteiger partial charge in [-0.15, -0.1) is 0 Å². The lowest BCUT2D eigenvalue weighted by Crippen LogP contribution is -2.61. The molecule has 180 valence electrons. The molecule has 5 rings (SSSR count). The molecule has 0 heterocycles. The lowest BCUT2D eigenvalue weighted by Gasteiger charge is -2.67. The summed E-state index contributed by atoms with van der Waals surface area (Å²) < 4.78 is 0. The summed E-state index contributed by atoms with van der Waals surface area (Å²) in [5.74, 6) is 0.342. The number of carbonyl (C=O) groups is 2. The van der Waals surface area contributed by atoms with Crippen LogP contribution in [-0.4, -0.2) is 16.9 Å². The fourth-order valence-electron chi connectivity index (χ4n) is 9.19. The van der Waals surface area contributed by atoms with Crippen molar-refractivity contribution in [3.8, 4) is 0 Å². The zero-order chi connectivity index (χ0) is 24.2. The van der Waals surface area contributed by atoms with E-state index in [0.717, 1.165) is 38.5 Å². The molecule has 0 aromatic heterocycles. The molecule has 0 aliphatic heterocycles. The summed E-state index contributed by atoms with van der Waals surface area (Å²) in [6.45, 7) is 16.0. The van der Waals surface area contributed by atoms with Gasteiger partial charge in [0.2, 0.25) is 0 Å². The maximum atomic E-state index is 12.8. The Morgan fingerprint density at radius 3 is 2.27 bits per heavy atom. The molecule has 0 saturated heterocycles. The first-order chi connectivity index (χ1) is 15.1. The van der Waals surface area contributed by atoms with E-state index in [2.05, 4.69) is 59.8 Å². The van der Waals surface area contributed by atoms with Gasteiger partial charge in [0.25, 0.3) is 0 Å². The third-order valence-electron chi connectivity index (χ3n) is 12.0. The standard InChI is InChI=1S/C30H42O3/c1-25(2)21-10-13-30(7)22(28(21,5)12-11-23(25)31)9-8-19-20-18-27(4,24(32)33)15-14-26(20,3)16-17-29(19,30)6/h8-9,11-12,21-22H,10,13-18H2,1-7H3,(H,32,33)/t21-,22+,26+,27-,28-,29+,30+/m0/s1. The molecule has 3 nitrogen and oxygen atoms in total. The van der Waals surface area contributed by atoms with Crippen molar-refractivity contribution in [2.75, 3.05) is 0 Å². The number of aliphatic carboxylic acids is 1. The second-order valence-corrected chi connectivity index (χ2v) is 14.0. The highest BCUT2D eigenvalue weighted by Gasteiger charge is 2.65. The van der Waals surface area contributed by atoms with Gasteiger partial charge in [-0.05, 0) is 97.0 Å². The summed E-state index contributed by atoms with van der Waals surface area (Å²) in [4.78, 5) is 25.0. The highest BCUT2D eigenvalue weighted by atomic mass is 16.4. The number of carbonyl (C=O) groups excluding carboxylic acids is 1. The molecular weight excluding hydrogens is 408 g/mol. The zero-order valence-corrected chi connectivity index (χ0v) is 21.7. The van der Waals surface area contributed by atoms with Crippen LogP contribution in [0, 0.1) is 44.3 Å². The Hall–Kier alpha value is -1.64. The number of rotatable bonds is 1. The average molecular weight is 451 g/mol. The number of ketones is 1. The fraction of sp³-hybridized carbons (Fsp3) is 0.733. The third-order valence-corrected chi connectivity index (χ3v) is 12.0. The van der Waals surface area contributed by atoms with Crippen LogP contribution >= 0.6 is 0 Å². The summed E-state index contributed by atoms with van der Waals surface area (Å²) in [5, 5.41) is 10.0. The molecule has 3 heteroatoms. The molecule has 0 unspecified atom stereocenters. The molecular formula is C30H42O3. The molecule has 0 aromatic carbocycles. The van der Waals surface area contributed by atoms with Gasteiger partial charge in [-0.3, -0.25) is 9.59 Å². The van der Waals surface area contributed by atoms with Crippen molar-refractivity contribution in [1.29, 1.82) is 0 Å². The van der Waals surface area contributed by atoms with E-state index in [1.54, 1.807) is 0 Å². The molecule has 0 amide bonds. The van der Waals surface area contributed by atoms with E-state index in [9.17, 15) is 14.7 Å². The van der Waals surface area contributed by atoms with Crippen LogP contribution in [0.4, 0.5) is 0 Å². The molecule has 2 fully saturated rings. The largest absolute Gasteiger partial charge is 0.481 e. The van der Waals surface area contributed by atoms with E-state index in [-0.39, 0.29) is 32.9 Å². The van der Waals surface area contributed by atoms with Crippen molar-refractivity contribution >= 4 is 11.8 Å². The lowest BCUT2D eigenvalue weighted by atomic mass is 9.36. The number of carboxylic acids is 1. The van der Waals surface area contributed by atoms with E-state index >= 15 is 0 Å². The van der Waals surface area contributed by atoms with Gasteiger partial charge >= 0.3 is 5.97 Å². The normalized spacial score (nSPS) is 50.2. The minimum Gasteiger partial charge on any atom is -0.481 e. The van der Waals surface area contributed by atoms with Gasteiger partial charge < -0.3 is 5.11 Å². The van der Waals surface area contributed by atoms with Gasteiger partial charge in [-0.2, -0.15) is 0 Å². The van der Waals surface area contributed by atoms with Crippen LogP contribution in [0.2, 0.25) is 0 Å². The Kier molecular flexibility index (Phi) is 4.57. The Bertz CT molecular complexity index is 1030. The summed E-state index contributed by atoms with van der Waals surface area (Å²) in [6, 6.07) is 0. The van der Waals surface area contributed by atoms with E-state index in [4.69, 9.17) is 0 Å². The van der Waals surface area contributed by atoms with Gasteiger partial charge in [0.05, 0.1) is 5.41 Å². The van der Waals surface area contributed by atoms with Crippen LogP contribution < -0.4 is 0 Å². The van der Waals surface area contributed by atoms with Gasteiger partial charge in [-0.1, -0.05) is 65.3 Å². The number of hydrogen-bond donors (Lipinski definition) is 1. The first-order valence-corrected chi connectivity index (χ1v) is 13.0. The number of hydrogen-bond acceptors (Lipinski definition) is 2. The second kappa shape index (κ2) is 6.52. The van der Waals surface area contributed by atoms with Gasteiger partial charge in [0.1, 0.15) is 0 Å². The molecule has 33 heavy (non-hydrogen) atoms. The van der Waals surface area contributed by atoms with Crippen LogP contribution in [0.3, 0.4) is 0 Å². The Labute approximate surface area is 199 Å². The maximum absolute atomic E-state index is 12.8. The Morgan fingerprint density at radius 2 is 1.61 bits per heavy atom. The topological polar surface area (TPSA) is 54.4 Å². The van der Waals surface area contributed by atoms with Crippen molar-refractivity contribution in [3.63, 3.8) is 0 Å². The summed E-state index contributed by atoms with van der Waals surface area (Å²) in [7, 11) is 0. The smallest absolute Gasteiger partial charge is 0.309 e. The average Bonchev–Trinajstić information content (AvgIpc) is 2.73. The fourth-order valence-corrected chi connectivity index (χ4v) is 9.19. The van der Waals surface area contributed by atoms with Gasteiger partial charge in [0.15, 0.2) is 5.78 Å². The Balaban J connectivity index is 1.68. The van der Waals surface area contributed by atoms with Crippen molar-refractivity contribution in [2.45, 2.75) is 93.4 Å². The monoisotopic (exact) mass is 450 g/mol. The Morgan fingerprint density at radius 1 is 0.939 bits per heavy atom. The van der Waals surface area contributed by atoms with E-state index in [0.29, 0.717) is 18.3 Å². The van der Waals surface area contributed by atoms with E-state index < -0.39 is 11.4 Å². The number of allylic oxidation sites excluding steroid dienone is 6. The molecule has 7 atom stereocenters. The molecule has 5 aliphatic carbocycles. The molecule has 0 spiro atoms. The lowest BCUT2D eigenvalue weighted by molar-refractivity contribution is -0.151. The minimum absolute atomic E-state index is 0.0332. The SMILES string of the molecule is CC1(C)C(=O)C=C[C@]2(C)[C@H]3C=CC4=C5C[C@@](C)(C(=O)O)CC[C@]5(C)CC[C@@]4(C)[C@]3(C)CC[C@@H]12.